The molecule has 4 bridgehead atoms. The highest BCUT2D eigenvalue weighted by molar-refractivity contribution is 5.89. The molecule has 8 unspecified atom stereocenters. The molecule has 2 aromatic heterocycles. The van der Waals surface area contributed by atoms with Crippen molar-refractivity contribution in [2.24, 2.45) is 23.7 Å². The Balaban J connectivity index is 0.825. The molecule has 8 aliphatic rings. The zero-order valence-corrected chi connectivity index (χ0v) is 46.5. The van der Waals surface area contributed by atoms with Gasteiger partial charge in [-0.05, 0) is 157 Å². The molecule has 0 radical (unpaired) electrons. The van der Waals surface area contributed by atoms with Gasteiger partial charge in [0.2, 0.25) is 11.8 Å². The molecule has 0 spiro atoms. The van der Waals surface area contributed by atoms with Crippen LogP contribution in [-0.2, 0) is 44.7 Å². The molecule has 2 aliphatic heterocycles. The summed E-state index contributed by atoms with van der Waals surface area (Å²) in [5.41, 5.74) is 12.2. The van der Waals surface area contributed by atoms with Crippen molar-refractivity contribution in [2.45, 2.75) is 166 Å². The summed E-state index contributed by atoms with van der Waals surface area (Å²) in [6, 6.07) is 22.6. The second-order valence-electron chi connectivity index (χ2n) is 24.0. The lowest BCUT2D eigenvalue weighted by Crippen LogP contribution is -2.54. The lowest BCUT2D eigenvalue weighted by molar-refractivity contribution is -0.161. The standard InChI is InChI=1S/C62H70F6N8O6/c1-33(2)53(73-59(79)81-31-61(63,64)65)57(77)75-49-11-7-5-9-41(49)29-51(75)55-69-45-23-21-39(27-47(45)71-55)43-25-35-13-17-37(43)19-15-36-14-18-38(20-16-35)44(26-36)40-22-24-46-48(28-40)72-56(70-46)52-30-42-10-6-8-12-50(42)76(52)58(78)54(34(3)4)74-60(80)82-32-62(66,67)68/h13-14,17-18,21-28,33-34,41-42,49-54H,5-12,15-16,19-20,29-32H2,1-4H3,(H,69,71)(H,70,72)(H,73,79)(H,74,80). The van der Waals surface area contributed by atoms with Crippen LogP contribution in [0.15, 0.2) is 72.8 Å². The van der Waals surface area contributed by atoms with Gasteiger partial charge < -0.3 is 39.9 Å². The fraction of sp³-hybridized carbons (Fsp3) is 0.516. The second-order valence-corrected chi connectivity index (χ2v) is 24.0. The van der Waals surface area contributed by atoms with Crippen LogP contribution in [0.3, 0.4) is 0 Å². The number of aryl methyl sites for hydroxylation is 4. The first-order valence-corrected chi connectivity index (χ1v) is 29.0. The Kier molecular flexibility index (Phi) is 15.8. The summed E-state index contributed by atoms with van der Waals surface area (Å²) < 4.78 is 86.5. The molecule has 8 atom stereocenters. The van der Waals surface area contributed by atoms with Crippen molar-refractivity contribution in [3.63, 3.8) is 0 Å². The summed E-state index contributed by atoms with van der Waals surface area (Å²) in [5.74, 6) is 0.117. The smallest absolute Gasteiger partial charge is 0.422 e. The molecule has 6 aromatic rings. The van der Waals surface area contributed by atoms with Gasteiger partial charge >= 0.3 is 24.5 Å². The highest BCUT2D eigenvalue weighted by atomic mass is 19.4. The summed E-state index contributed by atoms with van der Waals surface area (Å²) >= 11 is 0. The van der Waals surface area contributed by atoms with Crippen LogP contribution in [0.5, 0.6) is 0 Å². The number of hydrogen-bond donors (Lipinski definition) is 4. The number of likely N-dealkylation sites (tertiary alicyclic amines) is 2. The normalized spacial score (nSPS) is 22.7. The third kappa shape index (κ3) is 12.0. The summed E-state index contributed by atoms with van der Waals surface area (Å²) in [5, 5.41) is 4.90. The van der Waals surface area contributed by atoms with Crippen LogP contribution >= 0.6 is 0 Å². The van der Waals surface area contributed by atoms with Crippen molar-refractivity contribution in [1.82, 2.24) is 40.4 Å². The van der Waals surface area contributed by atoms with Crippen LogP contribution in [0.2, 0.25) is 0 Å². The number of H-pyrrole nitrogens is 2. The van der Waals surface area contributed by atoms with Gasteiger partial charge in [-0.3, -0.25) is 9.59 Å². The molecule has 14 nitrogen and oxygen atoms in total. The van der Waals surface area contributed by atoms with E-state index < -0.39 is 73.8 Å². The minimum atomic E-state index is -4.70. The molecule has 14 rings (SSSR count). The summed E-state index contributed by atoms with van der Waals surface area (Å²) in [4.78, 5) is 75.3. The van der Waals surface area contributed by atoms with E-state index in [2.05, 4.69) is 90.7 Å². The van der Waals surface area contributed by atoms with E-state index in [1.165, 1.54) is 22.3 Å². The number of alkyl halides is 6. The highest BCUT2D eigenvalue weighted by Gasteiger charge is 2.50. The number of carbonyl (C=O) groups is 4. The van der Waals surface area contributed by atoms with Gasteiger partial charge in [-0.2, -0.15) is 26.3 Å². The van der Waals surface area contributed by atoms with Crippen LogP contribution in [0.25, 0.3) is 44.3 Å². The minimum Gasteiger partial charge on any atom is -0.440 e. The lowest BCUT2D eigenvalue weighted by Gasteiger charge is -2.36. The van der Waals surface area contributed by atoms with Gasteiger partial charge in [0.1, 0.15) is 23.7 Å². The Bertz CT molecular complexity index is 3150. The van der Waals surface area contributed by atoms with Crippen molar-refractivity contribution in [3.8, 4) is 22.3 Å². The Morgan fingerprint density at radius 3 is 1.35 bits per heavy atom. The molecular weight excluding hydrogens is 1070 g/mol. The Hall–Kier alpha value is -7.12. The first-order chi connectivity index (χ1) is 39.1. The number of aromatic amines is 2. The third-order valence-electron chi connectivity index (χ3n) is 17.8. The van der Waals surface area contributed by atoms with Crippen LogP contribution in [0, 0.1) is 23.7 Å². The first kappa shape index (κ1) is 56.7. The number of rotatable bonds is 12. The van der Waals surface area contributed by atoms with Crippen molar-refractivity contribution in [3.05, 3.63) is 107 Å². The number of nitrogens with zero attached hydrogens (tertiary/aromatic N) is 4. The van der Waals surface area contributed by atoms with E-state index in [9.17, 15) is 45.5 Å². The van der Waals surface area contributed by atoms with Crippen molar-refractivity contribution < 1.29 is 55.0 Å². The average molecular weight is 1140 g/mol. The Morgan fingerprint density at radius 2 is 0.963 bits per heavy atom. The summed E-state index contributed by atoms with van der Waals surface area (Å²) in [6.45, 7) is 3.49. The van der Waals surface area contributed by atoms with E-state index in [0.29, 0.717) is 24.5 Å². The monoisotopic (exact) mass is 1140 g/mol. The largest absolute Gasteiger partial charge is 0.440 e. The Labute approximate surface area is 471 Å². The number of ether oxygens (including phenoxy) is 2. The second kappa shape index (κ2) is 22.9. The summed E-state index contributed by atoms with van der Waals surface area (Å²) in [6.07, 6.45) is -0.171. The van der Waals surface area contributed by atoms with Crippen LogP contribution in [0.1, 0.15) is 138 Å². The number of hydrogen-bond acceptors (Lipinski definition) is 8. The fourth-order valence-corrected chi connectivity index (χ4v) is 13.8. The minimum absolute atomic E-state index is 0.0976. The molecule has 4 N–H and O–H groups in total. The molecule has 436 valence electrons. The van der Waals surface area contributed by atoms with Crippen molar-refractivity contribution in [2.75, 3.05) is 13.2 Å². The third-order valence-corrected chi connectivity index (χ3v) is 17.8. The van der Waals surface area contributed by atoms with Crippen molar-refractivity contribution >= 4 is 46.1 Å². The van der Waals surface area contributed by atoms with Gasteiger partial charge in [-0.25, -0.2) is 19.6 Å². The number of fused-ring (bicyclic) bond motifs is 4. The number of alkyl carbamates (subject to hydrolysis) is 2. The molecular formula is C62H70F6N8O6. The number of halogens is 6. The van der Waals surface area contributed by atoms with Gasteiger partial charge in [-0.15, -0.1) is 0 Å². The maximum absolute atomic E-state index is 14.6. The molecule has 4 heterocycles. The first-order valence-electron chi connectivity index (χ1n) is 29.0. The van der Waals surface area contributed by atoms with Gasteiger partial charge in [-0.1, -0.05) is 102 Å². The highest BCUT2D eigenvalue weighted by Crippen LogP contribution is 2.48. The lowest BCUT2D eigenvalue weighted by atomic mass is 9.84. The maximum atomic E-state index is 14.6. The van der Waals surface area contributed by atoms with Gasteiger partial charge in [0, 0.05) is 12.1 Å². The number of imidazole rings is 2. The number of carbonyl (C=O) groups excluding carboxylic acids is 4. The SMILES string of the molecule is CC(C)C(NC(=O)OCC(F)(F)F)C(=O)N1C(c2nc3ccc(-c4cc5ccc4CCc4ccc(c(-c6ccc7nc(C8CC9CCCCC9N8C(=O)C(NC(=O)OCC(F)(F)F)C(C)C)[nH]c7c6)c4)CC5)cc3[nH]2)CC2CCCCC21. The molecule has 4 aromatic carbocycles. The predicted molar refractivity (Wildman–Crippen MR) is 296 cm³/mol. The van der Waals surface area contributed by atoms with E-state index in [0.717, 1.165) is 121 Å². The average Bonchev–Trinajstić information content (AvgIpc) is 4.15. The van der Waals surface area contributed by atoms with E-state index >= 15 is 0 Å². The maximum Gasteiger partial charge on any atom is 0.422 e. The Morgan fingerprint density at radius 1 is 0.561 bits per heavy atom. The number of aromatic nitrogens is 4. The fourth-order valence-electron chi connectivity index (χ4n) is 13.8. The van der Waals surface area contributed by atoms with Crippen molar-refractivity contribution in [1.29, 1.82) is 0 Å². The number of amides is 4. The van der Waals surface area contributed by atoms with E-state index in [4.69, 9.17) is 9.97 Å². The quantitative estimate of drug-likeness (QED) is 0.0876. The van der Waals surface area contributed by atoms with E-state index in [1.807, 2.05) is 21.9 Å². The number of nitrogens with one attached hydrogen (secondary N) is 4. The van der Waals surface area contributed by atoms with E-state index in [1.54, 1.807) is 27.7 Å². The van der Waals surface area contributed by atoms with Crippen LogP contribution in [0.4, 0.5) is 35.9 Å². The van der Waals surface area contributed by atoms with Crippen LogP contribution < -0.4 is 10.6 Å². The molecule has 82 heavy (non-hydrogen) atoms. The molecule has 2 saturated heterocycles. The molecule has 2 saturated carbocycles. The molecule has 20 heteroatoms. The molecule has 4 fully saturated rings. The summed E-state index contributed by atoms with van der Waals surface area (Å²) in [7, 11) is 0. The van der Waals surface area contributed by atoms with Crippen LogP contribution in [-0.4, -0.2) is 103 Å². The molecule has 4 amide bonds. The predicted octanol–water partition coefficient (Wildman–Crippen LogP) is 12.9. The molecule has 6 aliphatic carbocycles. The van der Waals surface area contributed by atoms with Gasteiger partial charge in [0.25, 0.3) is 0 Å². The van der Waals surface area contributed by atoms with E-state index in [-0.39, 0.29) is 35.7 Å². The zero-order valence-electron chi connectivity index (χ0n) is 46.5. The van der Waals surface area contributed by atoms with Gasteiger partial charge in [0.15, 0.2) is 13.2 Å². The van der Waals surface area contributed by atoms with Gasteiger partial charge in [0.05, 0.1) is 34.2 Å². The zero-order chi connectivity index (χ0) is 57.8. The number of benzene rings is 4. The topological polar surface area (TPSA) is 175 Å².